The van der Waals surface area contributed by atoms with Crippen LogP contribution < -0.4 is 5.73 Å². The van der Waals surface area contributed by atoms with E-state index in [4.69, 9.17) is 17.3 Å². The molecule has 1 rings (SSSR count). The molecular formula is C11H14Cl2FNO. The van der Waals surface area contributed by atoms with Crippen LogP contribution in [0, 0.1) is 5.82 Å². The maximum Gasteiger partial charge on any atom is 0.139 e. The normalized spacial score (nSPS) is 11.8. The summed E-state index contributed by atoms with van der Waals surface area (Å²) in [4.78, 5) is 0. The maximum absolute atomic E-state index is 13.0. The predicted octanol–water partition coefficient (Wildman–Crippen LogP) is 3.57. The van der Waals surface area contributed by atoms with E-state index in [1.54, 1.807) is 0 Å². The number of rotatable bonds is 3. The van der Waals surface area contributed by atoms with Crippen LogP contribution in [0.3, 0.4) is 0 Å². The molecule has 0 amide bonds. The third-order valence-corrected chi connectivity index (χ3v) is 2.31. The second-order valence-electron chi connectivity index (χ2n) is 3.59. The first-order valence-corrected chi connectivity index (χ1v) is 4.87. The molecule has 0 spiro atoms. The Morgan fingerprint density at radius 3 is 2.69 bits per heavy atom. The molecule has 16 heavy (non-hydrogen) atoms. The van der Waals surface area contributed by atoms with Crippen molar-refractivity contribution in [1.29, 1.82) is 0 Å². The summed E-state index contributed by atoms with van der Waals surface area (Å²) in [5.41, 5.74) is 6.96. The van der Waals surface area contributed by atoms with Crippen LogP contribution in [0.2, 0.25) is 5.02 Å². The lowest BCUT2D eigenvalue weighted by Crippen LogP contribution is -2.11. The SMILES string of the molecule is C=C(C)C[C@@H](N)c1cc(F)cc(Cl)c1O.Cl. The first-order chi connectivity index (χ1) is 6.91. The Morgan fingerprint density at radius 2 is 2.19 bits per heavy atom. The van der Waals surface area contributed by atoms with Gasteiger partial charge < -0.3 is 10.8 Å². The molecule has 1 aromatic rings. The summed E-state index contributed by atoms with van der Waals surface area (Å²) in [6.45, 7) is 5.52. The van der Waals surface area contributed by atoms with E-state index in [1.807, 2.05) is 6.92 Å². The van der Waals surface area contributed by atoms with Crippen LogP contribution in [-0.4, -0.2) is 5.11 Å². The summed E-state index contributed by atoms with van der Waals surface area (Å²) in [6, 6.07) is 1.75. The Labute approximate surface area is 105 Å². The molecule has 0 aliphatic heterocycles. The van der Waals surface area contributed by atoms with Crippen molar-refractivity contribution in [2.45, 2.75) is 19.4 Å². The number of hydrogen-bond donors (Lipinski definition) is 2. The van der Waals surface area contributed by atoms with Gasteiger partial charge in [-0.1, -0.05) is 17.2 Å². The summed E-state index contributed by atoms with van der Waals surface area (Å²) in [7, 11) is 0. The van der Waals surface area contributed by atoms with Gasteiger partial charge in [-0.15, -0.1) is 19.0 Å². The first-order valence-electron chi connectivity index (χ1n) is 4.49. The van der Waals surface area contributed by atoms with Crippen molar-refractivity contribution in [3.8, 4) is 5.75 Å². The van der Waals surface area contributed by atoms with E-state index in [9.17, 15) is 9.50 Å². The molecule has 0 aromatic heterocycles. The Bertz CT molecular complexity index is 396. The summed E-state index contributed by atoms with van der Waals surface area (Å²) < 4.78 is 13.0. The van der Waals surface area contributed by atoms with E-state index in [0.29, 0.717) is 12.0 Å². The summed E-state index contributed by atoms with van der Waals surface area (Å²) in [6.07, 6.45) is 0.480. The van der Waals surface area contributed by atoms with Gasteiger partial charge in [-0.3, -0.25) is 0 Å². The average Bonchev–Trinajstić information content (AvgIpc) is 2.09. The minimum absolute atomic E-state index is 0. The second-order valence-corrected chi connectivity index (χ2v) is 4.00. The Morgan fingerprint density at radius 1 is 1.62 bits per heavy atom. The molecule has 0 aliphatic rings. The zero-order valence-electron chi connectivity index (χ0n) is 8.84. The van der Waals surface area contributed by atoms with Crippen molar-refractivity contribution >= 4 is 24.0 Å². The number of aromatic hydroxyl groups is 1. The number of hydrogen-bond acceptors (Lipinski definition) is 2. The van der Waals surface area contributed by atoms with Crippen LogP contribution in [0.5, 0.6) is 5.75 Å². The van der Waals surface area contributed by atoms with E-state index >= 15 is 0 Å². The van der Waals surface area contributed by atoms with E-state index in [-0.39, 0.29) is 23.2 Å². The highest BCUT2D eigenvalue weighted by atomic mass is 35.5. The summed E-state index contributed by atoms with van der Waals surface area (Å²) in [5.74, 6) is -0.670. The van der Waals surface area contributed by atoms with Crippen LogP contribution in [0.25, 0.3) is 0 Å². The van der Waals surface area contributed by atoms with Gasteiger partial charge in [0.15, 0.2) is 0 Å². The second kappa shape index (κ2) is 6.09. The van der Waals surface area contributed by atoms with Crippen molar-refractivity contribution in [1.82, 2.24) is 0 Å². The smallest absolute Gasteiger partial charge is 0.139 e. The molecule has 0 saturated heterocycles. The third kappa shape index (κ3) is 3.67. The van der Waals surface area contributed by atoms with Crippen molar-refractivity contribution in [3.05, 3.63) is 40.7 Å². The summed E-state index contributed by atoms with van der Waals surface area (Å²) >= 11 is 5.63. The van der Waals surface area contributed by atoms with Crippen molar-refractivity contribution in [3.63, 3.8) is 0 Å². The Kier molecular flexibility index (Phi) is 5.79. The zero-order chi connectivity index (χ0) is 11.6. The maximum atomic E-state index is 13.0. The van der Waals surface area contributed by atoms with E-state index in [2.05, 4.69) is 6.58 Å². The number of nitrogens with two attached hydrogens (primary N) is 1. The predicted molar refractivity (Wildman–Crippen MR) is 66.7 cm³/mol. The van der Waals surface area contributed by atoms with Gasteiger partial charge in [-0.25, -0.2) is 4.39 Å². The molecule has 0 radical (unpaired) electrons. The highest BCUT2D eigenvalue weighted by Gasteiger charge is 2.15. The van der Waals surface area contributed by atoms with Crippen LogP contribution in [0.1, 0.15) is 24.9 Å². The first kappa shape index (κ1) is 15.2. The van der Waals surface area contributed by atoms with Crippen LogP contribution in [-0.2, 0) is 0 Å². The molecule has 0 fully saturated rings. The lowest BCUT2D eigenvalue weighted by molar-refractivity contribution is 0.458. The fraction of sp³-hybridized carbons (Fsp3) is 0.273. The molecule has 3 N–H and O–H groups in total. The molecule has 90 valence electrons. The Hall–Kier alpha value is -0.770. The topological polar surface area (TPSA) is 46.2 Å². The van der Waals surface area contributed by atoms with Gasteiger partial charge >= 0.3 is 0 Å². The molecule has 2 nitrogen and oxygen atoms in total. The van der Waals surface area contributed by atoms with Gasteiger partial charge in [0.2, 0.25) is 0 Å². The largest absolute Gasteiger partial charge is 0.506 e. The summed E-state index contributed by atoms with van der Waals surface area (Å²) in [5, 5.41) is 9.57. The van der Waals surface area contributed by atoms with E-state index < -0.39 is 11.9 Å². The highest BCUT2D eigenvalue weighted by molar-refractivity contribution is 6.32. The number of benzene rings is 1. The molecule has 0 saturated carbocycles. The fourth-order valence-corrected chi connectivity index (χ4v) is 1.57. The molecule has 1 atom stereocenters. The van der Waals surface area contributed by atoms with Gasteiger partial charge in [0.05, 0.1) is 5.02 Å². The molecular weight excluding hydrogens is 252 g/mol. The highest BCUT2D eigenvalue weighted by Crippen LogP contribution is 2.33. The molecule has 0 aliphatic carbocycles. The van der Waals surface area contributed by atoms with Crippen molar-refractivity contribution < 1.29 is 9.50 Å². The molecule has 0 heterocycles. The molecule has 0 unspecified atom stereocenters. The van der Waals surface area contributed by atoms with E-state index in [1.165, 1.54) is 6.07 Å². The van der Waals surface area contributed by atoms with Gasteiger partial charge in [0, 0.05) is 11.6 Å². The minimum atomic E-state index is -0.509. The molecule has 1 aromatic carbocycles. The van der Waals surface area contributed by atoms with Crippen LogP contribution in [0.15, 0.2) is 24.3 Å². The van der Waals surface area contributed by atoms with Crippen molar-refractivity contribution in [2.24, 2.45) is 5.73 Å². The Balaban J connectivity index is 0.00000225. The monoisotopic (exact) mass is 265 g/mol. The average molecular weight is 266 g/mol. The number of phenolic OH excluding ortho intramolecular Hbond substituents is 1. The standard InChI is InChI=1S/C11H13ClFNO.ClH/c1-6(2)3-10(14)8-4-7(13)5-9(12)11(8)15;/h4-5,10,15H,1,3,14H2,2H3;1H/t10-;/m1./s1. The van der Waals surface area contributed by atoms with Crippen LogP contribution in [0.4, 0.5) is 4.39 Å². The minimum Gasteiger partial charge on any atom is -0.506 e. The lowest BCUT2D eigenvalue weighted by atomic mass is 10.0. The quantitative estimate of drug-likeness (QED) is 0.821. The van der Waals surface area contributed by atoms with Gasteiger partial charge in [0.25, 0.3) is 0 Å². The third-order valence-electron chi connectivity index (χ3n) is 2.03. The fourth-order valence-electron chi connectivity index (χ4n) is 1.35. The van der Waals surface area contributed by atoms with Crippen molar-refractivity contribution in [2.75, 3.05) is 0 Å². The van der Waals surface area contributed by atoms with Gasteiger partial charge in [-0.2, -0.15) is 0 Å². The number of phenols is 1. The lowest BCUT2D eigenvalue weighted by Gasteiger charge is -2.14. The van der Waals surface area contributed by atoms with E-state index in [0.717, 1.165) is 11.6 Å². The molecule has 5 heteroatoms. The molecule has 0 bridgehead atoms. The van der Waals surface area contributed by atoms with Crippen LogP contribution >= 0.6 is 24.0 Å². The zero-order valence-corrected chi connectivity index (χ0v) is 10.4. The van der Waals surface area contributed by atoms with Gasteiger partial charge in [-0.05, 0) is 25.5 Å². The van der Waals surface area contributed by atoms with Gasteiger partial charge in [0.1, 0.15) is 11.6 Å². The number of halogens is 3.